The topological polar surface area (TPSA) is 54.5 Å². The van der Waals surface area contributed by atoms with Crippen LogP contribution in [0, 0.1) is 0 Å². The molecule has 1 unspecified atom stereocenters. The summed E-state index contributed by atoms with van der Waals surface area (Å²) in [5.74, 6) is -0.159. The Kier molecular flexibility index (Phi) is 4.53. The normalized spacial score (nSPS) is 18.9. The minimum Gasteiger partial charge on any atom is -0.292 e. The van der Waals surface area contributed by atoms with E-state index in [0.29, 0.717) is 30.0 Å². The highest BCUT2D eigenvalue weighted by Crippen LogP contribution is 2.29. The van der Waals surface area contributed by atoms with Crippen LogP contribution in [0.1, 0.15) is 23.2 Å². The molecule has 0 radical (unpaired) electrons. The van der Waals surface area contributed by atoms with Crippen LogP contribution >= 0.6 is 11.6 Å². The van der Waals surface area contributed by atoms with Crippen molar-refractivity contribution >= 4 is 27.4 Å². The molecular formula is C17H16ClNO3S. The molecule has 6 heteroatoms. The molecule has 0 spiro atoms. The maximum atomic E-state index is 12.8. The highest BCUT2D eigenvalue weighted by atomic mass is 35.5. The van der Waals surface area contributed by atoms with Crippen LogP contribution in [0.15, 0.2) is 59.5 Å². The minimum absolute atomic E-state index is 0.123. The van der Waals surface area contributed by atoms with Crippen molar-refractivity contribution in [3.8, 4) is 0 Å². The van der Waals surface area contributed by atoms with Gasteiger partial charge in [0, 0.05) is 17.1 Å². The van der Waals surface area contributed by atoms with Gasteiger partial charge in [-0.3, -0.25) is 4.79 Å². The van der Waals surface area contributed by atoms with E-state index in [1.54, 1.807) is 36.4 Å². The van der Waals surface area contributed by atoms with E-state index >= 15 is 0 Å². The van der Waals surface area contributed by atoms with Gasteiger partial charge in [-0.2, -0.15) is 4.31 Å². The number of hydrogen-bond acceptors (Lipinski definition) is 3. The number of nitrogens with zero attached hydrogens (tertiary/aromatic N) is 1. The molecule has 1 aliphatic heterocycles. The predicted octanol–water partition coefficient (Wildman–Crippen LogP) is 3.38. The molecule has 4 nitrogen and oxygen atoms in total. The Balaban J connectivity index is 1.94. The molecule has 1 aliphatic rings. The fourth-order valence-electron chi connectivity index (χ4n) is 2.85. The summed E-state index contributed by atoms with van der Waals surface area (Å²) in [6, 6.07) is 14.3. The number of carbonyl (C=O) groups is 1. The Morgan fingerprint density at radius 2 is 1.83 bits per heavy atom. The third-order valence-corrected chi connectivity index (χ3v) is 6.11. The summed E-state index contributed by atoms with van der Waals surface area (Å²) >= 11 is 5.90. The number of hydrogen-bond donors (Lipinski definition) is 0. The zero-order chi connectivity index (χ0) is 16.4. The summed E-state index contributed by atoms with van der Waals surface area (Å²) in [5.41, 5.74) is 0.533. The molecule has 0 aliphatic carbocycles. The zero-order valence-electron chi connectivity index (χ0n) is 12.4. The Hall–Kier alpha value is -1.69. The van der Waals surface area contributed by atoms with E-state index in [0.717, 1.165) is 0 Å². The molecule has 0 saturated carbocycles. The first-order valence-electron chi connectivity index (χ1n) is 7.37. The van der Waals surface area contributed by atoms with Crippen LogP contribution in [0.2, 0.25) is 5.02 Å². The van der Waals surface area contributed by atoms with E-state index in [9.17, 15) is 13.2 Å². The summed E-state index contributed by atoms with van der Waals surface area (Å²) in [6.07, 6.45) is 1.20. The van der Waals surface area contributed by atoms with E-state index in [1.807, 2.05) is 6.07 Å². The van der Waals surface area contributed by atoms with Crippen LogP contribution < -0.4 is 0 Å². The van der Waals surface area contributed by atoms with Crippen molar-refractivity contribution in [3.05, 3.63) is 65.2 Å². The quantitative estimate of drug-likeness (QED) is 0.795. The van der Waals surface area contributed by atoms with E-state index in [4.69, 9.17) is 11.6 Å². The summed E-state index contributed by atoms with van der Waals surface area (Å²) in [6.45, 7) is 0.345. The van der Waals surface area contributed by atoms with Gasteiger partial charge in [0.25, 0.3) is 0 Å². The van der Waals surface area contributed by atoms with Crippen LogP contribution in [0.5, 0.6) is 0 Å². The summed E-state index contributed by atoms with van der Waals surface area (Å²) < 4.78 is 27.0. The lowest BCUT2D eigenvalue weighted by Crippen LogP contribution is -2.40. The molecule has 0 bridgehead atoms. The lowest BCUT2D eigenvalue weighted by atomic mass is 10.0. The number of rotatable bonds is 4. The molecule has 0 N–H and O–H groups in total. The summed E-state index contributed by atoms with van der Waals surface area (Å²) in [4.78, 5) is 12.8. The largest absolute Gasteiger partial charge is 0.292 e. The molecule has 120 valence electrons. The van der Waals surface area contributed by atoms with Crippen molar-refractivity contribution in [2.45, 2.75) is 23.8 Å². The molecular weight excluding hydrogens is 334 g/mol. The van der Waals surface area contributed by atoms with Crippen molar-refractivity contribution in [2.24, 2.45) is 0 Å². The highest BCUT2D eigenvalue weighted by Gasteiger charge is 2.39. The van der Waals surface area contributed by atoms with Crippen LogP contribution in [-0.4, -0.2) is 31.1 Å². The van der Waals surface area contributed by atoms with Crippen LogP contribution in [0.25, 0.3) is 0 Å². The average molecular weight is 350 g/mol. The van der Waals surface area contributed by atoms with Crippen molar-refractivity contribution in [1.82, 2.24) is 4.31 Å². The van der Waals surface area contributed by atoms with Gasteiger partial charge < -0.3 is 0 Å². The number of sulfonamides is 1. The maximum absolute atomic E-state index is 12.8. The summed E-state index contributed by atoms with van der Waals surface area (Å²) in [5, 5.41) is 0.358. The molecule has 3 rings (SSSR count). The van der Waals surface area contributed by atoms with Gasteiger partial charge in [0.1, 0.15) is 0 Å². The Bertz CT molecular complexity index is 821. The second kappa shape index (κ2) is 6.43. The van der Waals surface area contributed by atoms with Gasteiger partial charge in [-0.05, 0) is 31.0 Å². The number of carbonyl (C=O) groups excluding carboxylic acids is 1. The van der Waals surface area contributed by atoms with E-state index in [-0.39, 0.29) is 10.7 Å². The van der Waals surface area contributed by atoms with Crippen molar-refractivity contribution < 1.29 is 13.2 Å². The number of Topliss-reactive ketones (excluding diaryl/α,β-unsaturated/α-hetero) is 1. The third kappa shape index (κ3) is 3.17. The van der Waals surface area contributed by atoms with Crippen molar-refractivity contribution in [1.29, 1.82) is 0 Å². The monoisotopic (exact) mass is 349 g/mol. The van der Waals surface area contributed by atoms with Crippen molar-refractivity contribution in [2.75, 3.05) is 6.54 Å². The lowest BCUT2D eigenvalue weighted by Gasteiger charge is -2.23. The SMILES string of the molecule is O=C(c1ccccc1)C1CCCN1S(=O)(=O)c1cccc(Cl)c1. The number of halogens is 1. The standard InChI is InChI=1S/C17H16ClNO3S/c18-14-8-4-9-15(12-14)23(21,22)19-11-5-10-16(19)17(20)13-6-2-1-3-7-13/h1-4,6-9,12,16H,5,10-11H2. The molecule has 1 atom stereocenters. The van der Waals surface area contributed by atoms with Gasteiger partial charge in [0.2, 0.25) is 10.0 Å². The van der Waals surface area contributed by atoms with E-state index in [1.165, 1.54) is 16.4 Å². The molecule has 0 amide bonds. The second-order valence-corrected chi connectivity index (χ2v) is 7.79. The zero-order valence-corrected chi connectivity index (χ0v) is 13.9. The van der Waals surface area contributed by atoms with E-state index < -0.39 is 16.1 Å². The first-order chi connectivity index (χ1) is 11.0. The molecule has 1 heterocycles. The van der Waals surface area contributed by atoms with Gasteiger partial charge in [-0.15, -0.1) is 0 Å². The smallest absolute Gasteiger partial charge is 0.243 e. The van der Waals surface area contributed by atoms with Gasteiger partial charge in [-0.1, -0.05) is 48.0 Å². The molecule has 23 heavy (non-hydrogen) atoms. The second-order valence-electron chi connectivity index (χ2n) is 5.46. The predicted molar refractivity (Wildman–Crippen MR) is 89.1 cm³/mol. The van der Waals surface area contributed by atoms with Gasteiger partial charge in [0.05, 0.1) is 10.9 Å². The van der Waals surface area contributed by atoms with Crippen molar-refractivity contribution in [3.63, 3.8) is 0 Å². The fraction of sp³-hybridized carbons (Fsp3) is 0.235. The first-order valence-corrected chi connectivity index (χ1v) is 9.18. The molecule has 1 fully saturated rings. The molecule has 0 aromatic heterocycles. The Morgan fingerprint density at radius 1 is 1.09 bits per heavy atom. The first kappa shape index (κ1) is 16.2. The maximum Gasteiger partial charge on any atom is 0.243 e. The molecule has 1 saturated heterocycles. The average Bonchev–Trinajstić information content (AvgIpc) is 3.05. The van der Waals surface area contributed by atoms with Gasteiger partial charge in [-0.25, -0.2) is 8.42 Å². The third-order valence-electron chi connectivity index (χ3n) is 3.97. The summed E-state index contributed by atoms with van der Waals surface area (Å²) in [7, 11) is -3.74. The number of ketones is 1. The van der Waals surface area contributed by atoms with Crippen LogP contribution in [0.4, 0.5) is 0 Å². The molecule has 2 aromatic carbocycles. The highest BCUT2D eigenvalue weighted by molar-refractivity contribution is 7.89. The van der Waals surface area contributed by atoms with Gasteiger partial charge >= 0.3 is 0 Å². The van der Waals surface area contributed by atoms with Crippen LogP contribution in [0.3, 0.4) is 0 Å². The lowest BCUT2D eigenvalue weighted by molar-refractivity contribution is 0.0918. The molecule has 2 aromatic rings. The van der Waals surface area contributed by atoms with Crippen LogP contribution in [-0.2, 0) is 10.0 Å². The van der Waals surface area contributed by atoms with E-state index in [2.05, 4.69) is 0 Å². The fourth-order valence-corrected chi connectivity index (χ4v) is 4.81. The van der Waals surface area contributed by atoms with Gasteiger partial charge in [0.15, 0.2) is 5.78 Å². The number of benzene rings is 2. The Morgan fingerprint density at radius 3 is 2.52 bits per heavy atom. The Labute approximate surface area is 140 Å². The minimum atomic E-state index is -3.74.